The predicted molar refractivity (Wildman–Crippen MR) is 118 cm³/mol. The van der Waals surface area contributed by atoms with Crippen LogP contribution in [0, 0.1) is 0 Å². The highest BCUT2D eigenvalue weighted by Crippen LogP contribution is 2.22. The number of nitrogens with one attached hydrogen (secondary N) is 1. The van der Waals surface area contributed by atoms with Crippen LogP contribution in [0.2, 0.25) is 0 Å². The zero-order valence-corrected chi connectivity index (χ0v) is 17.7. The van der Waals surface area contributed by atoms with Crippen LogP contribution in [-0.4, -0.2) is 51.0 Å². The molecule has 0 spiro atoms. The number of likely N-dealkylation sites (tertiary alicyclic amines) is 1. The molecule has 30 heavy (non-hydrogen) atoms. The molecule has 2 amide bonds. The lowest BCUT2D eigenvalue weighted by atomic mass is 10.1. The van der Waals surface area contributed by atoms with Gasteiger partial charge in [-0.15, -0.1) is 6.58 Å². The molecule has 1 fully saturated rings. The van der Waals surface area contributed by atoms with Crippen molar-refractivity contribution in [2.24, 2.45) is 0 Å². The van der Waals surface area contributed by atoms with Crippen molar-refractivity contribution in [3.63, 3.8) is 0 Å². The molecule has 158 valence electrons. The molecule has 0 bridgehead atoms. The van der Waals surface area contributed by atoms with Gasteiger partial charge in [0, 0.05) is 18.7 Å². The summed E-state index contributed by atoms with van der Waals surface area (Å²) in [6.45, 7) is 5.17. The maximum atomic E-state index is 12.8. The van der Waals surface area contributed by atoms with Crippen LogP contribution in [0.5, 0.6) is 0 Å². The van der Waals surface area contributed by atoms with Crippen molar-refractivity contribution in [3.05, 3.63) is 72.3 Å². The number of hydrogen-bond donors (Lipinski definition) is 1. The minimum atomic E-state index is -3.47. The predicted octanol–water partition coefficient (Wildman–Crippen LogP) is 3.13. The third-order valence-corrected chi connectivity index (χ3v) is 6.07. The van der Waals surface area contributed by atoms with Gasteiger partial charge in [0.1, 0.15) is 0 Å². The first-order valence-electron chi connectivity index (χ1n) is 9.69. The molecule has 0 unspecified atom stereocenters. The molecule has 0 aliphatic carbocycles. The van der Waals surface area contributed by atoms with Crippen molar-refractivity contribution in [2.45, 2.75) is 12.8 Å². The van der Waals surface area contributed by atoms with Gasteiger partial charge in [0.05, 0.1) is 29.7 Å². The van der Waals surface area contributed by atoms with Crippen molar-refractivity contribution < 1.29 is 18.0 Å². The van der Waals surface area contributed by atoms with Crippen LogP contribution in [0.4, 0.5) is 11.4 Å². The third kappa shape index (κ3) is 4.88. The second-order valence-electron chi connectivity index (χ2n) is 7.13. The van der Waals surface area contributed by atoms with Gasteiger partial charge < -0.3 is 10.2 Å². The largest absolute Gasteiger partial charge is 0.339 e. The van der Waals surface area contributed by atoms with E-state index in [1.54, 1.807) is 53.4 Å². The molecule has 0 radical (unpaired) electrons. The number of benzene rings is 2. The van der Waals surface area contributed by atoms with E-state index in [1.165, 1.54) is 10.4 Å². The van der Waals surface area contributed by atoms with Crippen LogP contribution in [0.25, 0.3) is 0 Å². The average Bonchev–Trinajstić information content (AvgIpc) is 3.26. The fraction of sp³-hybridized carbons (Fsp3) is 0.273. The van der Waals surface area contributed by atoms with Crippen LogP contribution in [0.15, 0.2) is 61.2 Å². The molecular weight excluding hydrogens is 402 g/mol. The van der Waals surface area contributed by atoms with Crippen molar-refractivity contribution in [1.82, 2.24) is 4.90 Å². The molecule has 1 heterocycles. The molecule has 1 saturated heterocycles. The van der Waals surface area contributed by atoms with Gasteiger partial charge in [-0.1, -0.05) is 18.2 Å². The van der Waals surface area contributed by atoms with E-state index in [0.717, 1.165) is 32.2 Å². The number of hydrogen-bond acceptors (Lipinski definition) is 4. The zero-order valence-electron chi connectivity index (χ0n) is 16.9. The van der Waals surface area contributed by atoms with Crippen molar-refractivity contribution in [2.75, 3.05) is 35.5 Å². The maximum absolute atomic E-state index is 12.8. The summed E-state index contributed by atoms with van der Waals surface area (Å²) < 4.78 is 25.1. The summed E-state index contributed by atoms with van der Waals surface area (Å²) in [5, 5.41) is 2.80. The number of para-hydroxylation sites is 1. The van der Waals surface area contributed by atoms with E-state index in [1.807, 2.05) is 0 Å². The Bertz CT molecular complexity index is 1040. The van der Waals surface area contributed by atoms with Gasteiger partial charge in [0.2, 0.25) is 10.0 Å². The normalized spacial score (nSPS) is 13.7. The highest BCUT2D eigenvalue weighted by Gasteiger charge is 2.22. The van der Waals surface area contributed by atoms with Crippen LogP contribution in [-0.2, 0) is 10.0 Å². The molecule has 8 heteroatoms. The highest BCUT2D eigenvalue weighted by atomic mass is 32.2. The summed E-state index contributed by atoms with van der Waals surface area (Å²) >= 11 is 0. The number of sulfonamides is 1. The van der Waals surface area contributed by atoms with E-state index in [-0.39, 0.29) is 18.4 Å². The van der Waals surface area contributed by atoms with Crippen LogP contribution in [0.3, 0.4) is 0 Å². The summed E-state index contributed by atoms with van der Waals surface area (Å²) in [5.41, 5.74) is 1.71. The standard InChI is InChI=1S/C22H25N3O4S/c1-3-14-25(30(2,28)29)18-12-10-17(11-13-18)21(26)23-20-9-5-4-8-19(20)22(27)24-15-6-7-16-24/h3-5,8-13H,1,6-7,14-16H2,2H3,(H,23,26). The molecule has 2 aromatic rings. The van der Waals surface area contributed by atoms with Gasteiger partial charge in [-0.3, -0.25) is 13.9 Å². The minimum absolute atomic E-state index is 0.0908. The summed E-state index contributed by atoms with van der Waals surface area (Å²) in [6, 6.07) is 13.2. The van der Waals surface area contributed by atoms with Gasteiger partial charge in [0.15, 0.2) is 0 Å². The Morgan fingerprint density at radius 3 is 2.33 bits per heavy atom. The molecule has 3 rings (SSSR count). The van der Waals surface area contributed by atoms with E-state index in [0.29, 0.717) is 22.5 Å². The highest BCUT2D eigenvalue weighted by molar-refractivity contribution is 7.92. The van der Waals surface area contributed by atoms with Gasteiger partial charge in [-0.25, -0.2) is 8.42 Å². The molecule has 1 N–H and O–H groups in total. The van der Waals surface area contributed by atoms with Crippen LogP contribution in [0.1, 0.15) is 33.6 Å². The van der Waals surface area contributed by atoms with Gasteiger partial charge in [-0.2, -0.15) is 0 Å². The SMILES string of the molecule is C=CCN(c1ccc(C(=O)Nc2ccccc2C(=O)N2CCCC2)cc1)S(C)(=O)=O. The Labute approximate surface area is 177 Å². The van der Waals surface area contributed by atoms with Gasteiger partial charge >= 0.3 is 0 Å². The lowest BCUT2D eigenvalue weighted by molar-refractivity contribution is 0.0794. The number of amides is 2. The lowest BCUT2D eigenvalue weighted by Crippen LogP contribution is -2.30. The van der Waals surface area contributed by atoms with Crippen LogP contribution < -0.4 is 9.62 Å². The Morgan fingerprint density at radius 2 is 1.73 bits per heavy atom. The number of anilines is 2. The zero-order chi connectivity index (χ0) is 21.7. The third-order valence-electron chi connectivity index (χ3n) is 4.91. The second-order valence-corrected chi connectivity index (χ2v) is 9.04. The van der Waals surface area contributed by atoms with Crippen LogP contribution >= 0.6 is 0 Å². The van der Waals surface area contributed by atoms with E-state index < -0.39 is 10.0 Å². The monoisotopic (exact) mass is 427 g/mol. The topological polar surface area (TPSA) is 86.8 Å². The first-order chi connectivity index (χ1) is 14.3. The fourth-order valence-corrected chi connectivity index (χ4v) is 4.27. The molecule has 1 aliphatic heterocycles. The quantitative estimate of drug-likeness (QED) is 0.688. The Hall–Kier alpha value is -3.13. The minimum Gasteiger partial charge on any atom is -0.339 e. The molecule has 0 aromatic heterocycles. The average molecular weight is 428 g/mol. The van der Waals surface area contributed by atoms with E-state index in [2.05, 4.69) is 11.9 Å². The summed E-state index contributed by atoms with van der Waals surface area (Å²) in [6.07, 6.45) is 4.59. The Morgan fingerprint density at radius 1 is 1.10 bits per heavy atom. The van der Waals surface area contributed by atoms with Gasteiger partial charge in [-0.05, 0) is 49.2 Å². The molecule has 7 nitrogen and oxygen atoms in total. The van der Waals surface area contributed by atoms with E-state index >= 15 is 0 Å². The molecule has 0 saturated carbocycles. The Kier molecular flexibility index (Phi) is 6.56. The number of rotatable bonds is 7. The van der Waals surface area contributed by atoms with E-state index in [9.17, 15) is 18.0 Å². The lowest BCUT2D eigenvalue weighted by Gasteiger charge is -2.21. The second kappa shape index (κ2) is 9.13. The molecule has 0 atom stereocenters. The molecule has 1 aliphatic rings. The fourth-order valence-electron chi connectivity index (χ4n) is 3.39. The number of carbonyl (C=O) groups is 2. The molecule has 2 aromatic carbocycles. The first kappa shape index (κ1) is 21.6. The first-order valence-corrected chi connectivity index (χ1v) is 11.5. The van der Waals surface area contributed by atoms with Crippen molar-refractivity contribution in [1.29, 1.82) is 0 Å². The van der Waals surface area contributed by atoms with Crippen molar-refractivity contribution >= 4 is 33.2 Å². The molecular formula is C22H25N3O4S. The van der Waals surface area contributed by atoms with Gasteiger partial charge in [0.25, 0.3) is 11.8 Å². The van der Waals surface area contributed by atoms with Crippen molar-refractivity contribution in [3.8, 4) is 0 Å². The smallest absolute Gasteiger partial charge is 0.255 e. The summed E-state index contributed by atoms with van der Waals surface area (Å²) in [4.78, 5) is 27.3. The maximum Gasteiger partial charge on any atom is 0.255 e. The number of carbonyl (C=O) groups excluding carboxylic acids is 2. The number of nitrogens with zero attached hydrogens (tertiary/aromatic N) is 2. The van der Waals surface area contributed by atoms with E-state index in [4.69, 9.17) is 0 Å². The Balaban J connectivity index is 1.78. The summed E-state index contributed by atoms with van der Waals surface area (Å²) in [7, 11) is -3.47. The summed E-state index contributed by atoms with van der Waals surface area (Å²) in [5.74, 6) is -0.468.